The minimum Gasteiger partial charge on any atom is -0.372 e. The highest BCUT2D eigenvalue weighted by Gasteiger charge is 2.15. The van der Waals surface area contributed by atoms with Gasteiger partial charge in [-0.1, -0.05) is 48.5 Å². The SMILES string of the molecule is CC(=O)c1cccc(COCc2ccccc2)c1C(C)=O. The maximum absolute atomic E-state index is 11.8. The zero-order valence-corrected chi connectivity index (χ0v) is 12.3. The molecule has 0 fully saturated rings. The van der Waals surface area contributed by atoms with Crippen molar-refractivity contribution < 1.29 is 14.3 Å². The zero-order chi connectivity index (χ0) is 15.2. The van der Waals surface area contributed by atoms with E-state index in [0.29, 0.717) is 24.3 Å². The van der Waals surface area contributed by atoms with Crippen LogP contribution in [0.2, 0.25) is 0 Å². The molecule has 0 saturated heterocycles. The number of carbonyl (C=O) groups is 2. The molecule has 0 aliphatic rings. The summed E-state index contributed by atoms with van der Waals surface area (Å²) in [5.74, 6) is -0.218. The summed E-state index contributed by atoms with van der Waals surface area (Å²) in [6, 6.07) is 15.1. The van der Waals surface area contributed by atoms with Crippen molar-refractivity contribution in [2.75, 3.05) is 0 Å². The second-order valence-electron chi connectivity index (χ2n) is 4.93. The average Bonchev–Trinajstić information content (AvgIpc) is 2.47. The largest absolute Gasteiger partial charge is 0.372 e. The van der Waals surface area contributed by atoms with Crippen molar-refractivity contribution in [3.63, 3.8) is 0 Å². The Morgan fingerprint density at radius 3 is 2.19 bits per heavy atom. The summed E-state index contributed by atoms with van der Waals surface area (Å²) in [4.78, 5) is 23.4. The van der Waals surface area contributed by atoms with Crippen molar-refractivity contribution >= 4 is 11.6 Å². The lowest BCUT2D eigenvalue weighted by molar-refractivity contribution is 0.0955. The summed E-state index contributed by atoms with van der Waals surface area (Å²) in [5.41, 5.74) is 2.76. The van der Waals surface area contributed by atoms with Gasteiger partial charge in [-0.2, -0.15) is 0 Å². The number of ether oxygens (including phenoxy) is 1. The van der Waals surface area contributed by atoms with Crippen LogP contribution in [0.5, 0.6) is 0 Å². The predicted octanol–water partition coefficient (Wildman–Crippen LogP) is 3.81. The third kappa shape index (κ3) is 3.86. The predicted molar refractivity (Wildman–Crippen MR) is 81.4 cm³/mol. The Balaban J connectivity index is 2.14. The molecule has 2 aromatic carbocycles. The van der Waals surface area contributed by atoms with Gasteiger partial charge in [0.25, 0.3) is 0 Å². The topological polar surface area (TPSA) is 43.4 Å². The van der Waals surface area contributed by atoms with E-state index in [4.69, 9.17) is 4.74 Å². The Morgan fingerprint density at radius 2 is 1.57 bits per heavy atom. The molecule has 3 nitrogen and oxygen atoms in total. The first-order valence-corrected chi connectivity index (χ1v) is 6.85. The van der Waals surface area contributed by atoms with E-state index in [9.17, 15) is 9.59 Å². The van der Waals surface area contributed by atoms with Gasteiger partial charge >= 0.3 is 0 Å². The first-order chi connectivity index (χ1) is 10.1. The van der Waals surface area contributed by atoms with Crippen LogP contribution in [0.3, 0.4) is 0 Å². The normalized spacial score (nSPS) is 10.4. The summed E-state index contributed by atoms with van der Waals surface area (Å²) in [6.45, 7) is 3.73. The quantitative estimate of drug-likeness (QED) is 0.757. The van der Waals surface area contributed by atoms with Crippen LogP contribution in [0.25, 0.3) is 0 Å². The van der Waals surface area contributed by atoms with E-state index >= 15 is 0 Å². The van der Waals surface area contributed by atoms with Crippen LogP contribution in [0.1, 0.15) is 45.7 Å². The Hall–Kier alpha value is -2.26. The number of carbonyl (C=O) groups excluding carboxylic acids is 2. The molecule has 0 unspecified atom stereocenters. The average molecular weight is 282 g/mol. The van der Waals surface area contributed by atoms with Crippen molar-refractivity contribution in [1.29, 1.82) is 0 Å². The molecule has 0 saturated carbocycles. The first kappa shape index (κ1) is 15.1. The van der Waals surface area contributed by atoms with E-state index in [1.54, 1.807) is 12.1 Å². The number of hydrogen-bond donors (Lipinski definition) is 0. The van der Waals surface area contributed by atoms with Gasteiger partial charge in [-0.05, 0) is 25.0 Å². The van der Waals surface area contributed by atoms with Gasteiger partial charge < -0.3 is 4.74 Å². The van der Waals surface area contributed by atoms with E-state index in [1.807, 2.05) is 36.4 Å². The van der Waals surface area contributed by atoms with E-state index < -0.39 is 0 Å². The molecule has 21 heavy (non-hydrogen) atoms. The molecule has 0 aromatic heterocycles. The molecular weight excluding hydrogens is 264 g/mol. The van der Waals surface area contributed by atoms with Gasteiger partial charge in [0.05, 0.1) is 13.2 Å². The fourth-order valence-corrected chi connectivity index (χ4v) is 2.28. The molecule has 2 rings (SSSR count). The summed E-state index contributed by atoms with van der Waals surface area (Å²) < 4.78 is 5.67. The van der Waals surface area contributed by atoms with Crippen LogP contribution < -0.4 is 0 Å². The van der Waals surface area contributed by atoms with Crippen LogP contribution in [0.15, 0.2) is 48.5 Å². The molecule has 0 N–H and O–H groups in total. The third-order valence-corrected chi connectivity index (χ3v) is 3.25. The summed E-state index contributed by atoms with van der Waals surface area (Å²) in [6.07, 6.45) is 0. The number of rotatable bonds is 6. The third-order valence-electron chi connectivity index (χ3n) is 3.25. The smallest absolute Gasteiger partial charge is 0.160 e. The molecule has 2 aromatic rings. The maximum Gasteiger partial charge on any atom is 0.160 e. The Kier molecular flexibility index (Phi) is 5.01. The van der Waals surface area contributed by atoms with E-state index in [0.717, 1.165) is 11.1 Å². The highest BCUT2D eigenvalue weighted by atomic mass is 16.5. The van der Waals surface area contributed by atoms with E-state index in [-0.39, 0.29) is 11.6 Å². The maximum atomic E-state index is 11.8. The fourth-order valence-electron chi connectivity index (χ4n) is 2.28. The van der Waals surface area contributed by atoms with Crippen LogP contribution in [-0.4, -0.2) is 11.6 Å². The Morgan fingerprint density at radius 1 is 0.857 bits per heavy atom. The van der Waals surface area contributed by atoms with Gasteiger partial charge in [-0.25, -0.2) is 0 Å². The summed E-state index contributed by atoms with van der Waals surface area (Å²) >= 11 is 0. The van der Waals surface area contributed by atoms with Crippen molar-refractivity contribution in [3.05, 3.63) is 70.8 Å². The lowest BCUT2D eigenvalue weighted by Crippen LogP contribution is -2.09. The fraction of sp³-hybridized carbons (Fsp3) is 0.222. The molecular formula is C18H18O3. The number of benzene rings is 2. The van der Waals surface area contributed by atoms with Gasteiger partial charge in [-0.3, -0.25) is 9.59 Å². The van der Waals surface area contributed by atoms with Crippen LogP contribution >= 0.6 is 0 Å². The number of ketones is 2. The van der Waals surface area contributed by atoms with Crippen LogP contribution in [0, 0.1) is 0 Å². The monoisotopic (exact) mass is 282 g/mol. The van der Waals surface area contributed by atoms with Gasteiger partial charge in [-0.15, -0.1) is 0 Å². The van der Waals surface area contributed by atoms with Crippen molar-refractivity contribution in [2.24, 2.45) is 0 Å². The second kappa shape index (κ2) is 6.95. The summed E-state index contributed by atoms with van der Waals surface area (Å²) in [7, 11) is 0. The van der Waals surface area contributed by atoms with Crippen molar-refractivity contribution in [2.45, 2.75) is 27.1 Å². The summed E-state index contributed by atoms with van der Waals surface area (Å²) in [5, 5.41) is 0. The molecule has 0 atom stereocenters. The van der Waals surface area contributed by atoms with Crippen molar-refractivity contribution in [1.82, 2.24) is 0 Å². The van der Waals surface area contributed by atoms with E-state index in [1.165, 1.54) is 13.8 Å². The lowest BCUT2D eigenvalue weighted by atomic mass is 9.96. The minimum absolute atomic E-state index is 0.106. The van der Waals surface area contributed by atoms with Gasteiger partial charge in [0.2, 0.25) is 0 Å². The minimum atomic E-state index is -0.112. The molecule has 0 radical (unpaired) electrons. The zero-order valence-electron chi connectivity index (χ0n) is 12.3. The Labute approximate surface area is 124 Å². The van der Waals surface area contributed by atoms with Crippen molar-refractivity contribution in [3.8, 4) is 0 Å². The Bertz CT molecular complexity index is 645. The molecule has 0 amide bonds. The lowest BCUT2D eigenvalue weighted by Gasteiger charge is -2.11. The number of Topliss-reactive ketones (excluding diaryl/α,β-unsaturated/α-hetero) is 2. The van der Waals surface area contributed by atoms with E-state index in [2.05, 4.69) is 0 Å². The highest BCUT2D eigenvalue weighted by Crippen LogP contribution is 2.18. The van der Waals surface area contributed by atoms with Gasteiger partial charge in [0, 0.05) is 11.1 Å². The number of hydrogen-bond acceptors (Lipinski definition) is 3. The first-order valence-electron chi connectivity index (χ1n) is 6.85. The molecule has 0 heterocycles. The molecule has 0 spiro atoms. The van der Waals surface area contributed by atoms with Gasteiger partial charge in [0.1, 0.15) is 0 Å². The highest BCUT2D eigenvalue weighted by molar-refractivity contribution is 6.08. The second-order valence-corrected chi connectivity index (χ2v) is 4.93. The molecule has 0 aliphatic heterocycles. The molecule has 0 aliphatic carbocycles. The molecule has 0 bridgehead atoms. The molecule has 108 valence electrons. The van der Waals surface area contributed by atoms with Crippen LogP contribution in [-0.2, 0) is 18.0 Å². The molecule has 3 heteroatoms. The van der Waals surface area contributed by atoms with Crippen LogP contribution in [0.4, 0.5) is 0 Å². The standard InChI is InChI=1S/C18H18O3/c1-13(19)17-10-6-9-16(18(17)14(2)20)12-21-11-15-7-4-3-5-8-15/h3-10H,11-12H2,1-2H3. The van der Waals surface area contributed by atoms with Gasteiger partial charge in [0.15, 0.2) is 11.6 Å².